The minimum atomic E-state index is -0.318. The van der Waals surface area contributed by atoms with Crippen molar-refractivity contribution in [2.75, 3.05) is 0 Å². The molecule has 10 aromatic rings. The molecule has 0 unspecified atom stereocenters. The van der Waals surface area contributed by atoms with Gasteiger partial charge in [-0.15, -0.1) is 0 Å². The zero-order chi connectivity index (χ0) is 35.3. The smallest absolute Gasteiger partial charge is 0.235 e. The highest BCUT2D eigenvalue weighted by molar-refractivity contribution is 6.15. The molecule has 11 rings (SSSR count). The fourth-order valence-corrected chi connectivity index (χ4v) is 8.92. The van der Waals surface area contributed by atoms with Crippen LogP contribution >= 0.6 is 0 Å². The lowest BCUT2D eigenvalue weighted by Gasteiger charge is -2.24. The topological polar surface area (TPSA) is 35.6 Å². The van der Waals surface area contributed by atoms with Crippen LogP contribution < -0.4 is 0 Å². The second kappa shape index (κ2) is 11.1. The Morgan fingerprint density at radius 3 is 1.62 bits per heavy atom. The number of hydrogen-bond acceptors (Lipinski definition) is 2. The Morgan fingerprint density at radius 1 is 0.434 bits per heavy atom. The summed E-state index contributed by atoms with van der Waals surface area (Å²) in [6.45, 7) is 4.77. The van der Waals surface area contributed by atoms with Gasteiger partial charge < -0.3 is 4.57 Å². The lowest BCUT2D eigenvalue weighted by Crippen LogP contribution is -2.17. The Morgan fingerprint density at radius 2 is 0.981 bits per heavy atom. The number of nitrogens with zero attached hydrogens (tertiary/aromatic N) is 4. The van der Waals surface area contributed by atoms with Crippen LogP contribution in [0.4, 0.5) is 0 Å². The van der Waals surface area contributed by atoms with E-state index in [1.54, 1.807) is 0 Å². The van der Waals surface area contributed by atoms with Crippen LogP contribution in [0.2, 0.25) is 0 Å². The zero-order valence-corrected chi connectivity index (χ0v) is 29.5. The van der Waals surface area contributed by atoms with Crippen molar-refractivity contribution in [1.82, 2.24) is 19.1 Å². The van der Waals surface area contributed by atoms with Crippen molar-refractivity contribution >= 4 is 43.6 Å². The first kappa shape index (κ1) is 29.9. The van der Waals surface area contributed by atoms with Crippen LogP contribution in [0.1, 0.15) is 25.0 Å². The van der Waals surface area contributed by atoms with Gasteiger partial charge in [-0.05, 0) is 64.7 Å². The van der Waals surface area contributed by atoms with Gasteiger partial charge in [0.15, 0.2) is 0 Å². The first-order valence-corrected chi connectivity index (χ1v) is 18.3. The lowest BCUT2D eigenvalue weighted by atomic mass is 9.81. The average Bonchev–Trinajstić information content (AvgIpc) is 3.80. The standard InChI is InChI=1S/C49H34N4/c1-49(2)40-29-45-39(35-23-13-14-24-43(35)52(45)33-20-10-5-11-21-33)28-38(40)36-26-27-37-34-22-12-15-25-44(34)53(47(37)46(36)49)48-50-41(31-16-6-3-7-17-31)30-42(51-48)32-18-8-4-9-19-32/h3-30H,1-2H3. The van der Waals surface area contributed by atoms with Gasteiger partial charge in [0, 0.05) is 43.8 Å². The quantitative estimate of drug-likeness (QED) is 0.186. The summed E-state index contributed by atoms with van der Waals surface area (Å²) in [5.41, 5.74) is 14.6. The van der Waals surface area contributed by atoms with E-state index in [-0.39, 0.29) is 5.41 Å². The third kappa shape index (κ3) is 4.30. The monoisotopic (exact) mass is 678 g/mol. The summed E-state index contributed by atoms with van der Waals surface area (Å²) in [4.78, 5) is 10.7. The Labute approximate surface area is 307 Å². The van der Waals surface area contributed by atoms with Gasteiger partial charge >= 0.3 is 0 Å². The van der Waals surface area contributed by atoms with Gasteiger partial charge in [0.1, 0.15) is 0 Å². The minimum absolute atomic E-state index is 0.318. The van der Waals surface area contributed by atoms with Gasteiger partial charge in [-0.3, -0.25) is 4.57 Å². The SMILES string of the molecule is CC1(C)c2cc3c(cc2-c2ccc4c5ccccc5n(-c5nc(-c6ccccc6)cc(-c6ccccc6)n5)c4c21)c1ccccc1n3-c1ccccc1. The van der Waals surface area contributed by atoms with Crippen molar-refractivity contribution in [3.05, 3.63) is 181 Å². The molecule has 4 nitrogen and oxygen atoms in total. The minimum Gasteiger partial charge on any atom is -0.309 e. The van der Waals surface area contributed by atoms with Crippen LogP contribution in [-0.2, 0) is 5.41 Å². The normalized spacial score (nSPS) is 13.2. The summed E-state index contributed by atoms with van der Waals surface area (Å²) in [6.07, 6.45) is 0. The van der Waals surface area contributed by atoms with Crippen molar-refractivity contribution in [1.29, 1.82) is 0 Å². The van der Waals surface area contributed by atoms with Crippen LogP contribution in [-0.4, -0.2) is 19.1 Å². The van der Waals surface area contributed by atoms with E-state index in [4.69, 9.17) is 9.97 Å². The third-order valence-corrected chi connectivity index (χ3v) is 11.3. The van der Waals surface area contributed by atoms with Crippen molar-refractivity contribution in [2.45, 2.75) is 19.3 Å². The van der Waals surface area contributed by atoms with E-state index in [2.05, 4.69) is 181 Å². The molecule has 0 amide bonds. The number of fused-ring (bicyclic) bond motifs is 10. The molecule has 0 saturated carbocycles. The summed E-state index contributed by atoms with van der Waals surface area (Å²) in [7, 11) is 0. The largest absolute Gasteiger partial charge is 0.309 e. The van der Waals surface area contributed by atoms with Crippen molar-refractivity contribution in [3.63, 3.8) is 0 Å². The van der Waals surface area contributed by atoms with Gasteiger partial charge in [0.2, 0.25) is 5.95 Å². The van der Waals surface area contributed by atoms with E-state index in [1.807, 2.05) is 12.1 Å². The van der Waals surface area contributed by atoms with Crippen molar-refractivity contribution in [3.8, 4) is 45.3 Å². The molecule has 0 fully saturated rings. The van der Waals surface area contributed by atoms with Gasteiger partial charge in [-0.25, -0.2) is 9.97 Å². The second-order valence-corrected chi connectivity index (χ2v) is 14.6. The van der Waals surface area contributed by atoms with Crippen LogP contribution in [0.15, 0.2) is 170 Å². The fraction of sp³-hybridized carbons (Fsp3) is 0.0612. The van der Waals surface area contributed by atoms with Gasteiger partial charge in [0.25, 0.3) is 0 Å². The molecule has 0 radical (unpaired) electrons. The van der Waals surface area contributed by atoms with Gasteiger partial charge in [-0.2, -0.15) is 0 Å². The predicted octanol–water partition coefficient (Wildman–Crippen LogP) is 12.3. The highest BCUT2D eigenvalue weighted by Crippen LogP contribution is 2.54. The Kier molecular flexibility index (Phi) is 6.27. The third-order valence-electron chi connectivity index (χ3n) is 11.3. The maximum absolute atomic E-state index is 5.36. The molecule has 0 N–H and O–H groups in total. The molecule has 7 aromatic carbocycles. The Balaban J connectivity index is 1.23. The van der Waals surface area contributed by atoms with Crippen LogP contribution in [0.25, 0.3) is 88.9 Å². The second-order valence-electron chi connectivity index (χ2n) is 14.6. The summed E-state index contributed by atoms with van der Waals surface area (Å²) in [6, 6.07) is 60.8. The maximum Gasteiger partial charge on any atom is 0.235 e. The lowest BCUT2D eigenvalue weighted by molar-refractivity contribution is 0.664. The average molecular weight is 679 g/mol. The van der Waals surface area contributed by atoms with E-state index in [9.17, 15) is 0 Å². The number of para-hydroxylation sites is 3. The number of hydrogen-bond donors (Lipinski definition) is 0. The fourth-order valence-electron chi connectivity index (χ4n) is 8.92. The van der Waals surface area contributed by atoms with Crippen LogP contribution in [0, 0.1) is 0 Å². The number of benzene rings is 7. The summed E-state index contributed by atoms with van der Waals surface area (Å²) in [5.74, 6) is 0.670. The maximum atomic E-state index is 5.36. The Bertz CT molecular complexity index is 3000. The van der Waals surface area contributed by atoms with Gasteiger partial charge in [-0.1, -0.05) is 141 Å². The van der Waals surface area contributed by atoms with E-state index in [1.165, 1.54) is 60.5 Å². The molecule has 0 spiro atoms. The molecule has 4 heteroatoms. The predicted molar refractivity (Wildman–Crippen MR) is 219 cm³/mol. The van der Waals surface area contributed by atoms with Crippen molar-refractivity contribution < 1.29 is 0 Å². The van der Waals surface area contributed by atoms with Gasteiger partial charge in [0.05, 0.1) is 33.5 Å². The van der Waals surface area contributed by atoms with Crippen LogP contribution in [0.3, 0.4) is 0 Å². The highest BCUT2D eigenvalue weighted by Gasteiger charge is 2.40. The van der Waals surface area contributed by atoms with Crippen molar-refractivity contribution in [2.24, 2.45) is 0 Å². The molecule has 53 heavy (non-hydrogen) atoms. The first-order valence-electron chi connectivity index (χ1n) is 18.3. The van der Waals surface area contributed by atoms with E-state index >= 15 is 0 Å². The first-order chi connectivity index (χ1) is 26.1. The zero-order valence-electron chi connectivity index (χ0n) is 29.5. The summed E-state index contributed by atoms with van der Waals surface area (Å²) >= 11 is 0. The molecule has 0 saturated heterocycles. The molecule has 1 aliphatic rings. The van der Waals surface area contributed by atoms with E-state index in [0.29, 0.717) is 5.95 Å². The summed E-state index contributed by atoms with van der Waals surface area (Å²) in [5, 5.41) is 4.92. The van der Waals surface area contributed by atoms with Crippen LogP contribution in [0.5, 0.6) is 0 Å². The molecule has 1 aliphatic carbocycles. The molecule has 0 aliphatic heterocycles. The highest BCUT2D eigenvalue weighted by atomic mass is 15.2. The molecule has 3 aromatic heterocycles. The number of rotatable bonds is 4. The molecular formula is C49H34N4. The molecule has 250 valence electrons. The number of aromatic nitrogens is 4. The van der Waals surface area contributed by atoms with E-state index < -0.39 is 0 Å². The van der Waals surface area contributed by atoms with E-state index in [0.717, 1.165) is 33.5 Å². The molecule has 3 heterocycles. The molecule has 0 atom stereocenters. The molecular weight excluding hydrogens is 645 g/mol. The Hall–Kier alpha value is -6.78. The summed E-state index contributed by atoms with van der Waals surface area (Å²) < 4.78 is 4.75. The molecule has 0 bridgehead atoms.